The molecule has 0 saturated carbocycles. The van der Waals surface area contributed by atoms with Gasteiger partial charge in [0.25, 0.3) is 0 Å². The Bertz CT molecular complexity index is 684. The highest BCUT2D eigenvalue weighted by Crippen LogP contribution is 2.14. The van der Waals surface area contributed by atoms with Gasteiger partial charge in [-0.15, -0.1) is 0 Å². The minimum absolute atomic E-state index is 0.116. The highest BCUT2D eigenvalue weighted by atomic mass is 16.1. The summed E-state index contributed by atoms with van der Waals surface area (Å²) in [6.45, 7) is 5.72. The Hall–Kier alpha value is -2.23. The van der Waals surface area contributed by atoms with Crippen molar-refractivity contribution in [2.24, 2.45) is 7.05 Å². The number of rotatable bonds is 4. The molecular formula is C16H18N2O2. The molecule has 0 aliphatic carbocycles. The van der Waals surface area contributed by atoms with Crippen LogP contribution < -0.4 is 0 Å². The van der Waals surface area contributed by atoms with E-state index < -0.39 is 0 Å². The number of carbonyl (C=O) groups excluding carboxylic acids is 2. The molecule has 104 valence electrons. The van der Waals surface area contributed by atoms with Crippen LogP contribution in [0.3, 0.4) is 0 Å². The fourth-order valence-electron chi connectivity index (χ4n) is 2.13. The Balaban J connectivity index is 2.17. The van der Waals surface area contributed by atoms with Crippen LogP contribution in [-0.2, 0) is 7.05 Å². The molecule has 1 aromatic carbocycles. The van der Waals surface area contributed by atoms with E-state index in [9.17, 15) is 9.59 Å². The maximum absolute atomic E-state index is 12.2. The van der Waals surface area contributed by atoms with Crippen LogP contribution in [0, 0.1) is 20.8 Å². The summed E-state index contributed by atoms with van der Waals surface area (Å²) < 4.78 is 1.59. The third kappa shape index (κ3) is 2.85. The number of hydrogen-bond donors (Lipinski definition) is 0. The fourth-order valence-corrected chi connectivity index (χ4v) is 2.13. The molecule has 0 aliphatic rings. The van der Waals surface area contributed by atoms with E-state index in [1.54, 1.807) is 30.9 Å². The zero-order valence-corrected chi connectivity index (χ0v) is 12.2. The molecule has 0 bridgehead atoms. The minimum atomic E-state index is -0.182. The largest absolute Gasteiger partial charge is 0.294 e. The van der Waals surface area contributed by atoms with Gasteiger partial charge in [-0.2, -0.15) is 5.10 Å². The predicted molar refractivity (Wildman–Crippen MR) is 77.1 cm³/mol. The number of carbonyl (C=O) groups is 2. The van der Waals surface area contributed by atoms with Crippen LogP contribution in [0.15, 0.2) is 24.4 Å². The summed E-state index contributed by atoms with van der Waals surface area (Å²) in [4.78, 5) is 24.3. The zero-order chi connectivity index (χ0) is 14.9. The van der Waals surface area contributed by atoms with E-state index in [-0.39, 0.29) is 18.0 Å². The van der Waals surface area contributed by atoms with E-state index in [0.717, 1.165) is 11.1 Å². The lowest BCUT2D eigenvalue weighted by Gasteiger charge is -2.04. The number of hydrogen-bond acceptors (Lipinski definition) is 3. The first-order valence-corrected chi connectivity index (χ1v) is 6.52. The molecule has 1 heterocycles. The molecule has 4 nitrogen and oxygen atoms in total. The van der Waals surface area contributed by atoms with E-state index in [1.165, 1.54) is 0 Å². The molecule has 0 fully saturated rings. The van der Waals surface area contributed by atoms with Crippen molar-refractivity contribution in [3.63, 3.8) is 0 Å². The Labute approximate surface area is 118 Å². The molecular weight excluding hydrogens is 252 g/mol. The van der Waals surface area contributed by atoms with Gasteiger partial charge in [0.2, 0.25) is 0 Å². The Morgan fingerprint density at radius 2 is 1.80 bits per heavy atom. The van der Waals surface area contributed by atoms with Gasteiger partial charge in [0, 0.05) is 18.8 Å². The SMILES string of the molecule is Cc1ccc(C(=O)CC(=O)c2cn(C)nc2C)cc1C. The third-order valence-corrected chi connectivity index (χ3v) is 3.46. The molecule has 1 aromatic heterocycles. The van der Waals surface area contributed by atoms with Gasteiger partial charge in [0.05, 0.1) is 17.7 Å². The van der Waals surface area contributed by atoms with Crippen LogP contribution >= 0.6 is 0 Å². The van der Waals surface area contributed by atoms with Crippen molar-refractivity contribution in [2.75, 3.05) is 0 Å². The smallest absolute Gasteiger partial charge is 0.174 e. The lowest BCUT2D eigenvalue weighted by Crippen LogP contribution is -2.09. The Kier molecular flexibility index (Phi) is 3.84. The van der Waals surface area contributed by atoms with Crippen LogP contribution in [0.4, 0.5) is 0 Å². The van der Waals surface area contributed by atoms with Crippen LogP contribution in [0.5, 0.6) is 0 Å². The number of Topliss-reactive ketones (excluding diaryl/α,β-unsaturated/α-hetero) is 2. The van der Waals surface area contributed by atoms with Crippen molar-refractivity contribution in [2.45, 2.75) is 27.2 Å². The van der Waals surface area contributed by atoms with Crippen molar-refractivity contribution in [3.05, 3.63) is 52.3 Å². The molecule has 0 aliphatic heterocycles. The molecule has 2 aromatic rings. The number of nitrogens with zero attached hydrogens (tertiary/aromatic N) is 2. The van der Waals surface area contributed by atoms with Crippen molar-refractivity contribution in [1.82, 2.24) is 9.78 Å². The summed E-state index contributed by atoms with van der Waals surface area (Å²) in [5.74, 6) is -0.333. The topological polar surface area (TPSA) is 52.0 Å². The molecule has 0 atom stereocenters. The molecule has 0 saturated heterocycles. The summed E-state index contributed by atoms with van der Waals surface area (Å²) in [5.41, 5.74) is 3.95. The maximum Gasteiger partial charge on any atom is 0.174 e. The van der Waals surface area contributed by atoms with E-state index in [4.69, 9.17) is 0 Å². The molecule has 0 radical (unpaired) electrons. The average Bonchev–Trinajstić information content (AvgIpc) is 2.71. The molecule has 20 heavy (non-hydrogen) atoms. The standard InChI is InChI=1S/C16H18N2O2/c1-10-5-6-13(7-11(10)2)15(19)8-16(20)14-9-18(4)17-12(14)3/h5-7,9H,8H2,1-4H3. The van der Waals surface area contributed by atoms with E-state index in [2.05, 4.69) is 5.10 Å². The van der Waals surface area contributed by atoms with Crippen LogP contribution in [-0.4, -0.2) is 21.3 Å². The van der Waals surface area contributed by atoms with Gasteiger partial charge >= 0.3 is 0 Å². The van der Waals surface area contributed by atoms with Crippen LogP contribution in [0.2, 0.25) is 0 Å². The summed E-state index contributed by atoms with van der Waals surface area (Å²) in [5, 5.41) is 4.12. The van der Waals surface area contributed by atoms with Gasteiger partial charge in [0.1, 0.15) is 0 Å². The van der Waals surface area contributed by atoms with Crippen molar-refractivity contribution in [3.8, 4) is 0 Å². The van der Waals surface area contributed by atoms with Gasteiger partial charge in [-0.05, 0) is 38.0 Å². The van der Waals surface area contributed by atoms with Gasteiger partial charge in [-0.1, -0.05) is 12.1 Å². The van der Waals surface area contributed by atoms with Crippen molar-refractivity contribution < 1.29 is 9.59 Å². The van der Waals surface area contributed by atoms with E-state index >= 15 is 0 Å². The van der Waals surface area contributed by atoms with Crippen LogP contribution in [0.1, 0.15) is 44.0 Å². The molecule has 0 unspecified atom stereocenters. The average molecular weight is 270 g/mol. The molecule has 0 N–H and O–H groups in total. The highest BCUT2D eigenvalue weighted by Gasteiger charge is 2.17. The second kappa shape index (κ2) is 5.41. The monoisotopic (exact) mass is 270 g/mol. The number of ketones is 2. The number of aromatic nitrogens is 2. The Morgan fingerprint density at radius 3 is 2.35 bits per heavy atom. The van der Waals surface area contributed by atoms with Crippen molar-refractivity contribution >= 4 is 11.6 Å². The number of aryl methyl sites for hydroxylation is 4. The first-order valence-electron chi connectivity index (χ1n) is 6.52. The minimum Gasteiger partial charge on any atom is -0.294 e. The normalized spacial score (nSPS) is 10.6. The highest BCUT2D eigenvalue weighted by molar-refractivity contribution is 6.13. The predicted octanol–water partition coefficient (Wildman–Crippen LogP) is 2.80. The first kappa shape index (κ1) is 14.2. The molecule has 0 amide bonds. The van der Waals surface area contributed by atoms with Gasteiger partial charge in [-0.3, -0.25) is 14.3 Å². The fraction of sp³-hybridized carbons (Fsp3) is 0.312. The molecule has 2 rings (SSSR count). The quantitative estimate of drug-likeness (QED) is 0.634. The molecule has 0 spiro atoms. The lowest BCUT2D eigenvalue weighted by molar-refractivity contribution is 0.0894. The Morgan fingerprint density at radius 1 is 1.10 bits per heavy atom. The number of benzene rings is 1. The van der Waals surface area contributed by atoms with Gasteiger partial charge in [-0.25, -0.2) is 0 Å². The van der Waals surface area contributed by atoms with Gasteiger partial charge in [0.15, 0.2) is 11.6 Å². The lowest BCUT2D eigenvalue weighted by atomic mass is 9.99. The maximum atomic E-state index is 12.2. The van der Waals surface area contributed by atoms with E-state index in [1.807, 2.05) is 26.0 Å². The van der Waals surface area contributed by atoms with E-state index in [0.29, 0.717) is 16.8 Å². The first-order chi connectivity index (χ1) is 9.38. The summed E-state index contributed by atoms with van der Waals surface area (Å²) >= 11 is 0. The third-order valence-electron chi connectivity index (χ3n) is 3.46. The van der Waals surface area contributed by atoms with Crippen molar-refractivity contribution in [1.29, 1.82) is 0 Å². The zero-order valence-electron chi connectivity index (χ0n) is 12.2. The summed E-state index contributed by atoms with van der Waals surface area (Å²) in [7, 11) is 1.76. The second-order valence-electron chi connectivity index (χ2n) is 5.12. The summed E-state index contributed by atoms with van der Waals surface area (Å²) in [6.07, 6.45) is 1.54. The summed E-state index contributed by atoms with van der Waals surface area (Å²) in [6, 6.07) is 5.51. The molecule has 4 heteroatoms. The second-order valence-corrected chi connectivity index (χ2v) is 5.12. The van der Waals surface area contributed by atoms with Crippen LogP contribution in [0.25, 0.3) is 0 Å². The van der Waals surface area contributed by atoms with Gasteiger partial charge < -0.3 is 0 Å².